The first-order chi connectivity index (χ1) is 7.83. The lowest BCUT2D eigenvalue weighted by atomic mass is 9.94. The van der Waals surface area contributed by atoms with Crippen LogP contribution in [0.1, 0.15) is 17.2 Å². The van der Waals surface area contributed by atoms with Crippen molar-refractivity contribution in [1.29, 1.82) is 0 Å². The standard InChI is InChI=1S/C13H14N2O/c14-9-11(12-6-3-4-8-15-12)10-5-1-2-7-13(10)16/h1-8,11,16H,9,14H2. The zero-order valence-electron chi connectivity index (χ0n) is 8.88. The predicted octanol–water partition coefficient (Wildman–Crippen LogP) is 1.88. The predicted molar refractivity (Wildman–Crippen MR) is 63.2 cm³/mol. The molecule has 3 N–H and O–H groups in total. The summed E-state index contributed by atoms with van der Waals surface area (Å²) in [4.78, 5) is 4.28. The van der Waals surface area contributed by atoms with E-state index in [9.17, 15) is 5.11 Å². The van der Waals surface area contributed by atoms with Crippen LogP contribution in [-0.4, -0.2) is 16.6 Å². The maximum atomic E-state index is 9.79. The van der Waals surface area contributed by atoms with Crippen molar-refractivity contribution in [2.24, 2.45) is 5.73 Å². The highest BCUT2D eigenvalue weighted by Gasteiger charge is 2.16. The molecule has 1 atom stereocenters. The Kier molecular flexibility index (Phi) is 3.17. The Morgan fingerprint density at radius 3 is 2.50 bits per heavy atom. The van der Waals surface area contributed by atoms with Gasteiger partial charge in [0.05, 0.1) is 0 Å². The molecule has 0 fully saturated rings. The van der Waals surface area contributed by atoms with Crippen LogP contribution in [0.3, 0.4) is 0 Å². The Balaban J connectivity index is 2.41. The third kappa shape index (κ3) is 2.04. The normalized spacial score (nSPS) is 12.3. The second-order valence-corrected chi connectivity index (χ2v) is 3.60. The molecule has 0 saturated carbocycles. The van der Waals surface area contributed by atoms with E-state index in [1.807, 2.05) is 30.3 Å². The molecule has 0 aliphatic rings. The third-order valence-electron chi connectivity index (χ3n) is 2.59. The molecule has 1 aromatic heterocycles. The number of phenolic OH excluding ortho intramolecular Hbond substituents is 1. The van der Waals surface area contributed by atoms with Gasteiger partial charge in [0.15, 0.2) is 0 Å². The molecule has 0 aliphatic heterocycles. The van der Waals surface area contributed by atoms with Gasteiger partial charge in [0.1, 0.15) is 5.75 Å². The fourth-order valence-electron chi connectivity index (χ4n) is 1.77. The van der Waals surface area contributed by atoms with Gasteiger partial charge in [0.25, 0.3) is 0 Å². The zero-order valence-corrected chi connectivity index (χ0v) is 8.88. The van der Waals surface area contributed by atoms with Gasteiger partial charge < -0.3 is 10.8 Å². The number of hydrogen-bond acceptors (Lipinski definition) is 3. The van der Waals surface area contributed by atoms with Crippen LogP contribution in [0.2, 0.25) is 0 Å². The van der Waals surface area contributed by atoms with Crippen LogP contribution in [0.25, 0.3) is 0 Å². The van der Waals surface area contributed by atoms with Crippen molar-refractivity contribution in [1.82, 2.24) is 4.98 Å². The molecule has 2 aromatic rings. The van der Waals surface area contributed by atoms with Gasteiger partial charge in [-0.1, -0.05) is 24.3 Å². The Labute approximate surface area is 94.6 Å². The van der Waals surface area contributed by atoms with E-state index in [0.717, 1.165) is 11.3 Å². The third-order valence-corrected chi connectivity index (χ3v) is 2.59. The lowest BCUT2D eigenvalue weighted by Gasteiger charge is -2.15. The smallest absolute Gasteiger partial charge is 0.119 e. The maximum absolute atomic E-state index is 9.79. The van der Waals surface area contributed by atoms with Crippen LogP contribution < -0.4 is 5.73 Å². The minimum atomic E-state index is -0.0533. The van der Waals surface area contributed by atoms with E-state index in [0.29, 0.717) is 6.54 Å². The fraction of sp³-hybridized carbons (Fsp3) is 0.154. The van der Waals surface area contributed by atoms with E-state index in [1.165, 1.54) is 0 Å². The molecule has 1 unspecified atom stereocenters. The molecule has 0 amide bonds. The van der Waals surface area contributed by atoms with Gasteiger partial charge in [-0.15, -0.1) is 0 Å². The van der Waals surface area contributed by atoms with Crippen LogP contribution in [0, 0.1) is 0 Å². The molecule has 0 spiro atoms. The summed E-state index contributed by atoms with van der Waals surface area (Å²) >= 11 is 0. The van der Waals surface area contributed by atoms with Crippen LogP contribution in [0.15, 0.2) is 48.7 Å². The van der Waals surface area contributed by atoms with Crippen molar-refractivity contribution < 1.29 is 5.11 Å². The Hall–Kier alpha value is -1.87. The summed E-state index contributed by atoms with van der Waals surface area (Å²) in [5, 5.41) is 9.79. The highest BCUT2D eigenvalue weighted by Crippen LogP contribution is 2.28. The van der Waals surface area contributed by atoms with Crippen LogP contribution in [0.4, 0.5) is 0 Å². The first kappa shape index (κ1) is 10.6. The maximum Gasteiger partial charge on any atom is 0.119 e. The van der Waals surface area contributed by atoms with Crippen LogP contribution >= 0.6 is 0 Å². The summed E-state index contributed by atoms with van der Waals surface area (Å²) in [6.07, 6.45) is 1.73. The second-order valence-electron chi connectivity index (χ2n) is 3.60. The number of rotatable bonds is 3. The molecule has 0 bridgehead atoms. The minimum absolute atomic E-state index is 0.0533. The second kappa shape index (κ2) is 4.77. The molecular formula is C13H14N2O. The molecule has 2 rings (SSSR count). The zero-order chi connectivity index (χ0) is 11.4. The first-order valence-corrected chi connectivity index (χ1v) is 5.22. The number of para-hydroxylation sites is 1. The van der Waals surface area contributed by atoms with Crippen molar-refractivity contribution in [3.05, 3.63) is 59.9 Å². The van der Waals surface area contributed by atoms with Gasteiger partial charge in [-0.25, -0.2) is 0 Å². The van der Waals surface area contributed by atoms with Crippen molar-refractivity contribution >= 4 is 0 Å². The number of phenols is 1. The Morgan fingerprint density at radius 1 is 1.12 bits per heavy atom. The largest absolute Gasteiger partial charge is 0.508 e. The number of benzene rings is 1. The molecule has 0 radical (unpaired) electrons. The van der Waals surface area contributed by atoms with Gasteiger partial charge >= 0.3 is 0 Å². The van der Waals surface area contributed by atoms with Gasteiger partial charge in [-0.3, -0.25) is 4.98 Å². The van der Waals surface area contributed by atoms with Crippen molar-refractivity contribution in [2.45, 2.75) is 5.92 Å². The lowest BCUT2D eigenvalue weighted by molar-refractivity contribution is 0.464. The van der Waals surface area contributed by atoms with E-state index in [-0.39, 0.29) is 11.7 Å². The monoisotopic (exact) mass is 214 g/mol. The van der Waals surface area contributed by atoms with Gasteiger partial charge in [0.2, 0.25) is 0 Å². The van der Waals surface area contributed by atoms with E-state index in [2.05, 4.69) is 4.98 Å². The number of nitrogens with two attached hydrogens (primary N) is 1. The molecule has 82 valence electrons. The summed E-state index contributed by atoms with van der Waals surface area (Å²) in [6.45, 7) is 0.425. The van der Waals surface area contributed by atoms with Gasteiger partial charge in [-0.05, 0) is 18.2 Å². The molecular weight excluding hydrogens is 200 g/mol. The summed E-state index contributed by atoms with van der Waals surface area (Å²) < 4.78 is 0. The van der Waals surface area contributed by atoms with Crippen molar-refractivity contribution in [2.75, 3.05) is 6.54 Å². The van der Waals surface area contributed by atoms with Crippen LogP contribution in [0.5, 0.6) is 5.75 Å². The first-order valence-electron chi connectivity index (χ1n) is 5.22. The molecule has 3 heteroatoms. The Morgan fingerprint density at radius 2 is 1.88 bits per heavy atom. The number of pyridine rings is 1. The summed E-state index contributed by atoms with van der Waals surface area (Å²) in [6, 6.07) is 12.9. The molecule has 1 heterocycles. The summed E-state index contributed by atoms with van der Waals surface area (Å²) in [5.74, 6) is 0.214. The van der Waals surface area contributed by atoms with E-state index in [4.69, 9.17) is 5.73 Å². The van der Waals surface area contributed by atoms with E-state index in [1.54, 1.807) is 18.3 Å². The van der Waals surface area contributed by atoms with E-state index < -0.39 is 0 Å². The van der Waals surface area contributed by atoms with Crippen molar-refractivity contribution in [3.8, 4) is 5.75 Å². The number of hydrogen-bond donors (Lipinski definition) is 2. The molecule has 0 saturated heterocycles. The average Bonchev–Trinajstić information content (AvgIpc) is 2.34. The minimum Gasteiger partial charge on any atom is -0.508 e. The number of aromatic nitrogens is 1. The molecule has 16 heavy (non-hydrogen) atoms. The van der Waals surface area contributed by atoms with Gasteiger partial charge in [0, 0.05) is 29.9 Å². The fourth-order valence-corrected chi connectivity index (χ4v) is 1.77. The number of aromatic hydroxyl groups is 1. The summed E-state index contributed by atoms with van der Waals surface area (Å²) in [5.41, 5.74) is 7.46. The van der Waals surface area contributed by atoms with Gasteiger partial charge in [-0.2, -0.15) is 0 Å². The Bertz CT molecular complexity index is 456. The summed E-state index contributed by atoms with van der Waals surface area (Å²) in [7, 11) is 0. The average molecular weight is 214 g/mol. The molecule has 1 aromatic carbocycles. The topological polar surface area (TPSA) is 59.1 Å². The molecule has 3 nitrogen and oxygen atoms in total. The van der Waals surface area contributed by atoms with E-state index >= 15 is 0 Å². The highest BCUT2D eigenvalue weighted by atomic mass is 16.3. The lowest BCUT2D eigenvalue weighted by Crippen LogP contribution is -2.15. The quantitative estimate of drug-likeness (QED) is 0.820. The highest BCUT2D eigenvalue weighted by molar-refractivity contribution is 5.39. The number of nitrogens with zero attached hydrogens (tertiary/aromatic N) is 1. The molecule has 0 aliphatic carbocycles. The SMILES string of the molecule is NCC(c1ccccn1)c1ccccc1O. The van der Waals surface area contributed by atoms with Crippen molar-refractivity contribution in [3.63, 3.8) is 0 Å². The van der Waals surface area contributed by atoms with Crippen LogP contribution in [-0.2, 0) is 0 Å².